The Kier molecular flexibility index (Phi) is 4.32. The summed E-state index contributed by atoms with van der Waals surface area (Å²) in [5.74, 6) is 0.990. The highest BCUT2D eigenvalue weighted by Gasteiger charge is 2.30. The Morgan fingerprint density at radius 1 is 1.23 bits per heavy atom. The first-order valence-corrected chi connectivity index (χ1v) is 8.61. The summed E-state index contributed by atoms with van der Waals surface area (Å²) in [6.07, 6.45) is 1.70. The maximum atomic E-state index is 12.9. The Bertz CT molecular complexity index is 847. The van der Waals surface area contributed by atoms with E-state index in [1.54, 1.807) is 30.0 Å². The summed E-state index contributed by atoms with van der Waals surface area (Å²) in [5, 5.41) is 7.45. The number of carbonyl (C=O) groups excluding carboxylic acids is 2. The number of aromatic nitrogens is 2. The van der Waals surface area contributed by atoms with Gasteiger partial charge in [0.15, 0.2) is 17.3 Å². The molecule has 1 aromatic heterocycles. The van der Waals surface area contributed by atoms with Gasteiger partial charge in [-0.3, -0.25) is 9.59 Å². The van der Waals surface area contributed by atoms with Gasteiger partial charge in [0.1, 0.15) is 11.4 Å². The summed E-state index contributed by atoms with van der Waals surface area (Å²) in [6, 6.07) is 5.22. The number of piperidine rings is 1. The molecule has 1 fully saturated rings. The highest BCUT2D eigenvalue weighted by Crippen LogP contribution is 2.33. The minimum absolute atomic E-state index is 0.0279. The fourth-order valence-corrected chi connectivity index (χ4v) is 3.37. The number of ketones is 1. The summed E-state index contributed by atoms with van der Waals surface area (Å²) in [5.41, 5.74) is 1.74. The van der Waals surface area contributed by atoms with Crippen molar-refractivity contribution < 1.29 is 23.7 Å². The van der Waals surface area contributed by atoms with E-state index in [0.717, 1.165) is 12.8 Å². The van der Waals surface area contributed by atoms with E-state index in [4.69, 9.17) is 9.47 Å². The number of amides is 1. The summed E-state index contributed by atoms with van der Waals surface area (Å²) in [4.78, 5) is 27.1. The van der Waals surface area contributed by atoms with E-state index in [1.165, 1.54) is 0 Å². The lowest BCUT2D eigenvalue weighted by Crippen LogP contribution is -2.43. The lowest BCUT2D eigenvalue weighted by molar-refractivity contribution is -0.132. The van der Waals surface area contributed by atoms with E-state index in [0.29, 0.717) is 41.5 Å². The maximum Gasteiger partial charge on any atom is 0.231 e. The van der Waals surface area contributed by atoms with Crippen LogP contribution in [0, 0.1) is 12.8 Å². The quantitative estimate of drug-likeness (QED) is 0.770. The molecule has 0 aliphatic carbocycles. The molecule has 0 saturated carbocycles. The van der Waals surface area contributed by atoms with Crippen molar-refractivity contribution in [3.05, 3.63) is 35.2 Å². The molecule has 3 heterocycles. The average molecular weight is 357 g/mol. The van der Waals surface area contributed by atoms with Crippen molar-refractivity contribution in [2.24, 2.45) is 5.92 Å². The van der Waals surface area contributed by atoms with Crippen molar-refractivity contribution in [2.45, 2.75) is 26.2 Å². The van der Waals surface area contributed by atoms with Gasteiger partial charge in [0.25, 0.3) is 0 Å². The molecule has 1 aromatic carbocycles. The first-order chi connectivity index (χ1) is 12.6. The van der Waals surface area contributed by atoms with E-state index in [9.17, 15) is 9.59 Å². The molecular formula is C18H19N3O5. The van der Waals surface area contributed by atoms with Crippen molar-refractivity contribution in [1.29, 1.82) is 0 Å². The topological polar surface area (TPSA) is 94.8 Å². The molecule has 8 heteroatoms. The van der Waals surface area contributed by atoms with Crippen LogP contribution in [0.2, 0.25) is 0 Å². The van der Waals surface area contributed by atoms with Crippen LogP contribution in [0.4, 0.5) is 0 Å². The number of Topliss-reactive ketones (excluding diaryl/α,β-unsaturated/α-hetero) is 1. The van der Waals surface area contributed by atoms with Crippen LogP contribution >= 0.6 is 0 Å². The van der Waals surface area contributed by atoms with Crippen molar-refractivity contribution in [3.63, 3.8) is 0 Å². The first kappa shape index (κ1) is 16.6. The molecule has 0 radical (unpaired) electrons. The van der Waals surface area contributed by atoms with Crippen LogP contribution in [0.15, 0.2) is 22.8 Å². The first-order valence-electron chi connectivity index (χ1n) is 8.61. The van der Waals surface area contributed by atoms with Crippen LogP contribution in [-0.4, -0.2) is 46.8 Å². The fraction of sp³-hybridized carbons (Fsp3) is 0.444. The van der Waals surface area contributed by atoms with E-state index in [-0.39, 0.29) is 30.8 Å². The number of hydrogen-bond donors (Lipinski definition) is 0. The Morgan fingerprint density at radius 2 is 2.08 bits per heavy atom. The molecule has 0 bridgehead atoms. The number of hydrogen-bond acceptors (Lipinski definition) is 7. The molecule has 2 aliphatic heterocycles. The zero-order chi connectivity index (χ0) is 18.1. The molecule has 1 atom stereocenters. The Labute approximate surface area is 150 Å². The second kappa shape index (κ2) is 6.78. The summed E-state index contributed by atoms with van der Waals surface area (Å²) in [7, 11) is 0. The minimum Gasteiger partial charge on any atom is -0.454 e. The number of likely N-dealkylation sites (tertiary alicyclic amines) is 1. The van der Waals surface area contributed by atoms with Crippen LogP contribution in [0.3, 0.4) is 0 Å². The van der Waals surface area contributed by atoms with Gasteiger partial charge in [0, 0.05) is 24.6 Å². The zero-order valence-electron chi connectivity index (χ0n) is 14.4. The molecule has 8 nitrogen and oxygen atoms in total. The standard InChI is InChI=1S/C18H19N3O5/c1-11-14(20-26-19-11)8-17(22)21-6-2-3-13(9-21)18(23)12-4-5-15-16(7-12)25-10-24-15/h4-5,7,13H,2-3,6,8-10H2,1H3/t13-/m0/s1. The molecule has 136 valence electrons. The zero-order valence-corrected chi connectivity index (χ0v) is 14.4. The Balaban J connectivity index is 1.43. The molecule has 4 rings (SSSR count). The average Bonchev–Trinajstić information content (AvgIpc) is 3.29. The third-order valence-electron chi connectivity index (χ3n) is 4.87. The smallest absolute Gasteiger partial charge is 0.231 e. The largest absolute Gasteiger partial charge is 0.454 e. The number of benzene rings is 1. The SMILES string of the molecule is Cc1nonc1CC(=O)N1CCC[C@H](C(=O)c2ccc3c(c2)OCO3)C1. The lowest BCUT2D eigenvalue weighted by Gasteiger charge is -2.32. The maximum absolute atomic E-state index is 12.9. The molecule has 2 aromatic rings. The van der Waals surface area contributed by atoms with Crippen LogP contribution < -0.4 is 9.47 Å². The molecule has 0 spiro atoms. The van der Waals surface area contributed by atoms with Crippen molar-refractivity contribution in [2.75, 3.05) is 19.9 Å². The van der Waals surface area contributed by atoms with Gasteiger partial charge in [-0.25, -0.2) is 4.63 Å². The molecule has 26 heavy (non-hydrogen) atoms. The number of nitrogens with zero attached hydrogens (tertiary/aromatic N) is 3. The number of aryl methyl sites for hydroxylation is 1. The third kappa shape index (κ3) is 3.14. The van der Waals surface area contributed by atoms with Crippen molar-refractivity contribution >= 4 is 11.7 Å². The Hall–Kier alpha value is -2.90. The number of ether oxygens (including phenoxy) is 2. The van der Waals surface area contributed by atoms with Gasteiger partial charge < -0.3 is 14.4 Å². The van der Waals surface area contributed by atoms with Gasteiger partial charge >= 0.3 is 0 Å². The monoisotopic (exact) mass is 357 g/mol. The van der Waals surface area contributed by atoms with Gasteiger partial charge in [-0.05, 0) is 38.0 Å². The summed E-state index contributed by atoms with van der Waals surface area (Å²) in [6.45, 7) is 2.99. The number of carbonyl (C=O) groups is 2. The van der Waals surface area contributed by atoms with Gasteiger partial charge in [0.2, 0.25) is 12.7 Å². The Morgan fingerprint density at radius 3 is 2.88 bits per heavy atom. The van der Waals surface area contributed by atoms with Crippen LogP contribution in [-0.2, 0) is 11.2 Å². The van der Waals surface area contributed by atoms with Gasteiger partial charge in [-0.15, -0.1) is 0 Å². The fourth-order valence-electron chi connectivity index (χ4n) is 3.37. The molecule has 0 N–H and O–H groups in total. The van der Waals surface area contributed by atoms with E-state index >= 15 is 0 Å². The molecular weight excluding hydrogens is 338 g/mol. The number of fused-ring (bicyclic) bond motifs is 1. The van der Waals surface area contributed by atoms with Gasteiger partial charge in [-0.2, -0.15) is 0 Å². The van der Waals surface area contributed by atoms with Crippen molar-refractivity contribution in [1.82, 2.24) is 15.2 Å². The molecule has 1 saturated heterocycles. The molecule has 1 amide bonds. The highest BCUT2D eigenvalue weighted by molar-refractivity contribution is 5.99. The predicted molar refractivity (Wildman–Crippen MR) is 88.9 cm³/mol. The van der Waals surface area contributed by atoms with E-state index in [1.807, 2.05) is 0 Å². The second-order valence-corrected chi connectivity index (χ2v) is 6.58. The predicted octanol–water partition coefficient (Wildman–Crippen LogP) is 1.77. The van der Waals surface area contributed by atoms with Gasteiger partial charge in [0.05, 0.1) is 6.42 Å². The number of rotatable bonds is 4. The second-order valence-electron chi connectivity index (χ2n) is 6.58. The normalized spacial score (nSPS) is 18.8. The van der Waals surface area contributed by atoms with Crippen LogP contribution in [0.5, 0.6) is 11.5 Å². The summed E-state index contributed by atoms with van der Waals surface area (Å²) < 4.78 is 15.3. The lowest BCUT2D eigenvalue weighted by atomic mass is 9.89. The van der Waals surface area contributed by atoms with Crippen molar-refractivity contribution in [3.8, 4) is 11.5 Å². The van der Waals surface area contributed by atoms with Gasteiger partial charge in [-0.1, -0.05) is 10.3 Å². The minimum atomic E-state index is -0.218. The highest BCUT2D eigenvalue weighted by atomic mass is 16.7. The molecule has 2 aliphatic rings. The van der Waals surface area contributed by atoms with E-state index in [2.05, 4.69) is 14.9 Å². The third-order valence-corrected chi connectivity index (χ3v) is 4.87. The summed E-state index contributed by atoms with van der Waals surface area (Å²) >= 11 is 0. The van der Waals surface area contributed by atoms with E-state index < -0.39 is 0 Å². The van der Waals surface area contributed by atoms with Crippen LogP contribution in [0.25, 0.3) is 0 Å². The van der Waals surface area contributed by atoms with Crippen LogP contribution in [0.1, 0.15) is 34.6 Å². The molecule has 0 unspecified atom stereocenters.